The lowest BCUT2D eigenvalue weighted by Gasteiger charge is -2.29. The van der Waals surface area contributed by atoms with Gasteiger partial charge in [0.25, 0.3) is 5.69 Å². The fourth-order valence-electron chi connectivity index (χ4n) is 2.26. The molecule has 1 aromatic carbocycles. The van der Waals surface area contributed by atoms with Gasteiger partial charge in [0, 0.05) is 12.1 Å². The van der Waals surface area contributed by atoms with Crippen molar-refractivity contribution in [1.82, 2.24) is 0 Å². The van der Waals surface area contributed by atoms with Gasteiger partial charge in [-0.2, -0.15) is 0 Å². The smallest absolute Gasteiger partial charge is 0.273 e. The van der Waals surface area contributed by atoms with Crippen molar-refractivity contribution < 1.29 is 9.66 Å². The fraction of sp³-hybridized carbons (Fsp3) is 0.538. The van der Waals surface area contributed by atoms with E-state index in [0.717, 1.165) is 31.2 Å². The Morgan fingerprint density at radius 2 is 2.11 bits per heavy atom. The molecule has 5 heteroatoms. The highest BCUT2D eigenvalue weighted by molar-refractivity contribution is 5.43. The zero-order chi connectivity index (χ0) is 13.1. The van der Waals surface area contributed by atoms with Crippen LogP contribution in [0.15, 0.2) is 18.2 Å². The molecule has 0 heterocycles. The van der Waals surface area contributed by atoms with E-state index in [1.807, 2.05) is 6.92 Å². The molecule has 0 spiro atoms. The van der Waals surface area contributed by atoms with Crippen LogP contribution in [0.2, 0.25) is 0 Å². The average molecular weight is 250 g/mol. The largest absolute Gasteiger partial charge is 0.488 e. The normalized spacial score (nSPS) is 23.7. The van der Waals surface area contributed by atoms with Crippen molar-refractivity contribution >= 4 is 5.69 Å². The first kappa shape index (κ1) is 12.8. The quantitative estimate of drug-likeness (QED) is 0.660. The van der Waals surface area contributed by atoms with Crippen LogP contribution in [0.1, 0.15) is 31.2 Å². The van der Waals surface area contributed by atoms with Crippen LogP contribution in [-0.4, -0.2) is 17.1 Å². The van der Waals surface area contributed by atoms with Gasteiger partial charge in [0.2, 0.25) is 0 Å². The molecule has 0 bridgehead atoms. The zero-order valence-corrected chi connectivity index (χ0v) is 10.5. The van der Waals surface area contributed by atoms with E-state index < -0.39 is 4.92 Å². The third-order valence-electron chi connectivity index (χ3n) is 3.41. The zero-order valence-electron chi connectivity index (χ0n) is 10.5. The second-order valence-electron chi connectivity index (χ2n) is 4.81. The van der Waals surface area contributed by atoms with Crippen molar-refractivity contribution in [3.63, 3.8) is 0 Å². The van der Waals surface area contributed by atoms with Gasteiger partial charge in [-0.3, -0.25) is 10.1 Å². The minimum atomic E-state index is -0.410. The number of aryl methyl sites for hydroxylation is 1. The Balaban J connectivity index is 2.17. The molecule has 2 atom stereocenters. The van der Waals surface area contributed by atoms with Gasteiger partial charge >= 0.3 is 0 Å². The van der Waals surface area contributed by atoms with Gasteiger partial charge in [0.05, 0.1) is 11.0 Å². The molecular weight excluding hydrogens is 232 g/mol. The van der Waals surface area contributed by atoms with Gasteiger partial charge < -0.3 is 10.5 Å². The summed E-state index contributed by atoms with van der Waals surface area (Å²) in [4.78, 5) is 10.3. The van der Waals surface area contributed by atoms with Gasteiger partial charge in [-0.15, -0.1) is 0 Å². The Morgan fingerprint density at radius 1 is 1.39 bits per heavy atom. The number of nitro benzene ring substituents is 1. The molecule has 0 radical (unpaired) electrons. The van der Waals surface area contributed by atoms with Crippen molar-refractivity contribution in [1.29, 1.82) is 0 Å². The van der Waals surface area contributed by atoms with Crippen LogP contribution in [0.4, 0.5) is 5.69 Å². The maximum absolute atomic E-state index is 10.7. The van der Waals surface area contributed by atoms with Crippen LogP contribution in [-0.2, 0) is 0 Å². The van der Waals surface area contributed by atoms with Gasteiger partial charge in [-0.25, -0.2) is 0 Å². The van der Waals surface area contributed by atoms with Crippen LogP contribution in [0.3, 0.4) is 0 Å². The van der Waals surface area contributed by atoms with Gasteiger partial charge in [0.15, 0.2) is 0 Å². The SMILES string of the molecule is Cc1ccc([N+](=O)[O-])cc1OC1CCCCC1N. The molecule has 0 aromatic heterocycles. The molecule has 1 aliphatic rings. The van der Waals surface area contributed by atoms with Crippen LogP contribution in [0, 0.1) is 17.0 Å². The summed E-state index contributed by atoms with van der Waals surface area (Å²) < 4.78 is 5.86. The second-order valence-corrected chi connectivity index (χ2v) is 4.81. The molecule has 1 fully saturated rings. The Labute approximate surface area is 106 Å². The molecule has 0 saturated heterocycles. The summed E-state index contributed by atoms with van der Waals surface area (Å²) in [5, 5.41) is 10.7. The van der Waals surface area contributed by atoms with E-state index in [1.165, 1.54) is 12.1 Å². The maximum atomic E-state index is 10.7. The molecule has 1 aromatic rings. The summed E-state index contributed by atoms with van der Waals surface area (Å²) >= 11 is 0. The standard InChI is InChI=1S/C13H18N2O3/c1-9-6-7-10(15(16)17)8-13(9)18-12-5-3-2-4-11(12)14/h6-8,11-12H,2-5,14H2,1H3. The Bertz CT molecular complexity index is 448. The van der Waals surface area contributed by atoms with E-state index >= 15 is 0 Å². The Morgan fingerprint density at radius 3 is 2.78 bits per heavy atom. The topological polar surface area (TPSA) is 78.4 Å². The van der Waals surface area contributed by atoms with E-state index in [4.69, 9.17) is 10.5 Å². The van der Waals surface area contributed by atoms with Crippen LogP contribution < -0.4 is 10.5 Å². The first-order valence-corrected chi connectivity index (χ1v) is 6.25. The van der Waals surface area contributed by atoms with Crippen LogP contribution in [0.5, 0.6) is 5.75 Å². The van der Waals surface area contributed by atoms with Gasteiger partial charge in [0.1, 0.15) is 11.9 Å². The van der Waals surface area contributed by atoms with Crippen LogP contribution >= 0.6 is 0 Å². The summed E-state index contributed by atoms with van der Waals surface area (Å²) in [6.45, 7) is 1.88. The molecule has 2 unspecified atom stereocenters. The van der Waals surface area contributed by atoms with E-state index in [9.17, 15) is 10.1 Å². The average Bonchev–Trinajstić information content (AvgIpc) is 2.34. The van der Waals surface area contributed by atoms with Crippen molar-refractivity contribution in [2.45, 2.75) is 44.8 Å². The number of benzene rings is 1. The number of ether oxygens (including phenoxy) is 1. The number of rotatable bonds is 3. The molecule has 0 aliphatic heterocycles. The number of nitro groups is 1. The fourth-order valence-corrected chi connectivity index (χ4v) is 2.26. The number of hydrogen-bond acceptors (Lipinski definition) is 4. The predicted molar refractivity (Wildman–Crippen MR) is 68.7 cm³/mol. The lowest BCUT2D eigenvalue weighted by Crippen LogP contribution is -2.41. The molecular formula is C13H18N2O3. The lowest BCUT2D eigenvalue weighted by atomic mass is 9.93. The first-order chi connectivity index (χ1) is 8.58. The van der Waals surface area contributed by atoms with E-state index in [-0.39, 0.29) is 17.8 Å². The molecule has 1 aliphatic carbocycles. The highest BCUT2D eigenvalue weighted by Gasteiger charge is 2.24. The minimum Gasteiger partial charge on any atom is -0.488 e. The summed E-state index contributed by atoms with van der Waals surface area (Å²) in [5.74, 6) is 0.576. The van der Waals surface area contributed by atoms with E-state index in [2.05, 4.69) is 0 Å². The Hall–Kier alpha value is -1.62. The highest BCUT2D eigenvalue weighted by Crippen LogP contribution is 2.28. The summed E-state index contributed by atoms with van der Waals surface area (Å²) in [5.41, 5.74) is 6.97. The maximum Gasteiger partial charge on any atom is 0.273 e. The van der Waals surface area contributed by atoms with Gasteiger partial charge in [-0.1, -0.05) is 6.42 Å². The molecule has 2 rings (SSSR count). The van der Waals surface area contributed by atoms with E-state index in [1.54, 1.807) is 6.07 Å². The van der Waals surface area contributed by atoms with E-state index in [0.29, 0.717) is 5.75 Å². The predicted octanol–water partition coefficient (Wildman–Crippen LogP) is 2.55. The third kappa shape index (κ3) is 2.79. The number of hydrogen-bond donors (Lipinski definition) is 1. The van der Waals surface area contributed by atoms with Gasteiger partial charge in [-0.05, 0) is 37.8 Å². The third-order valence-corrected chi connectivity index (χ3v) is 3.41. The molecule has 0 amide bonds. The highest BCUT2D eigenvalue weighted by atomic mass is 16.6. The van der Waals surface area contributed by atoms with Crippen molar-refractivity contribution in [2.75, 3.05) is 0 Å². The Kier molecular flexibility index (Phi) is 3.81. The van der Waals surface area contributed by atoms with Crippen LogP contribution in [0.25, 0.3) is 0 Å². The summed E-state index contributed by atoms with van der Waals surface area (Å²) in [6, 6.07) is 4.71. The molecule has 18 heavy (non-hydrogen) atoms. The molecule has 98 valence electrons. The van der Waals surface area contributed by atoms with Crippen molar-refractivity contribution in [2.24, 2.45) is 5.73 Å². The first-order valence-electron chi connectivity index (χ1n) is 6.25. The second kappa shape index (κ2) is 5.35. The van der Waals surface area contributed by atoms with Crippen molar-refractivity contribution in [3.8, 4) is 5.75 Å². The molecule has 5 nitrogen and oxygen atoms in total. The molecule has 2 N–H and O–H groups in total. The summed E-state index contributed by atoms with van der Waals surface area (Å²) in [6.07, 6.45) is 4.09. The minimum absolute atomic E-state index is 0.0254. The number of nitrogens with two attached hydrogens (primary N) is 1. The monoisotopic (exact) mass is 250 g/mol. The lowest BCUT2D eigenvalue weighted by molar-refractivity contribution is -0.385. The summed E-state index contributed by atoms with van der Waals surface area (Å²) in [7, 11) is 0. The molecule has 1 saturated carbocycles. The van der Waals surface area contributed by atoms with Crippen molar-refractivity contribution in [3.05, 3.63) is 33.9 Å². The number of non-ortho nitro benzene ring substituents is 1. The number of nitrogens with zero attached hydrogens (tertiary/aromatic N) is 1.